The summed E-state index contributed by atoms with van der Waals surface area (Å²) in [6, 6.07) is 10.3. The van der Waals surface area contributed by atoms with E-state index in [2.05, 4.69) is 44.5 Å². The van der Waals surface area contributed by atoms with E-state index in [1.54, 1.807) is 6.92 Å². The highest BCUT2D eigenvalue weighted by molar-refractivity contribution is 5.14. The van der Waals surface area contributed by atoms with Gasteiger partial charge in [0.05, 0.1) is 30.6 Å². The third-order valence-electron chi connectivity index (χ3n) is 4.91. The Morgan fingerprint density at radius 3 is 2.43 bits per heavy atom. The van der Waals surface area contributed by atoms with Gasteiger partial charge in [-0.15, -0.1) is 5.10 Å². The van der Waals surface area contributed by atoms with Crippen LogP contribution in [0.5, 0.6) is 0 Å². The SMILES string of the molecule is CCN(CCN(CCNC[C@H](C)O)C[C@H](C)O)Cc1cn(Cc2ccccc2)nn1. The number of benzene rings is 1. The van der Waals surface area contributed by atoms with Crippen molar-refractivity contribution < 1.29 is 10.2 Å². The highest BCUT2D eigenvalue weighted by Gasteiger charge is 2.12. The predicted octanol–water partition coefficient (Wildman–Crippen LogP) is 0.802. The molecule has 168 valence electrons. The number of nitrogens with one attached hydrogen (secondary N) is 1. The summed E-state index contributed by atoms with van der Waals surface area (Å²) in [4.78, 5) is 4.60. The van der Waals surface area contributed by atoms with Crippen molar-refractivity contribution in [3.8, 4) is 0 Å². The van der Waals surface area contributed by atoms with Crippen molar-refractivity contribution in [1.82, 2.24) is 30.1 Å². The Bertz CT molecular complexity index is 692. The summed E-state index contributed by atoms with van der Waals surface area (Å²) in [7, 11) is 0. The Balaban J connectivity index is 1.81. The summed E-state index contributed by atoms with van der Waals surface area (Å²) in [6.07, 6.45) is 1.30. The van der Waals surface area contributed by atoms with E-state index in [0.29, 0.717) is 13.1 Å². The molecular formula is C22H38N6O2. The number of nitrogens with zero attached hydrogens (tertiary/aromatic N) is 5. The van der Waals surface area contributed by atoms with Gasteiger partial charge in [0.25, 0.3) is 0 Å². The van der Waals surface area contributed by atoms with Gasteiger partial charge in [-0.05, 0) is 26.0 Å². The second kappa shape index (κ2) is 13.5. The van der Waals surface area contributed by atoms with Crippen molar-refractivity contribution in [2.45, 2.75) is 46.1 Å². The molecule has 0 amide bonds. The van der Waals surface area contributed by atoms with Crippen LogP contribution in [0.15, 0.2) is 36.5 Å². The molecule has 1 aromatic heterocycles. The molecule has 1 heterocycles. The first-order valence-electron chi connectivity index (χ1n) is 10.9. The lowest BCUT2D eigenvalue weighted by Crippen LogP contribution is -2.42. The zero-order chi connectivity index (χ0) is 21.8. The van der Waals surface area contributed by atoms with Gasteiger partial charge in [0.15, 0.2) is 0 Å². The molecule has 0 saturated heterocycles. The number of aromatic nitrogens is 3. The summed E-state index contributed by atoms with van der Waals surface area (Å²) in [5, 5.41) is 31.0. The third kappa shape index (κ3) is 9.77. The van der Waals surface area contributed by atoms with E-state index < -0.39 is 0 Å². The second-order valence-corrected chi connectivity index (χ2v) is 7.96. The van der Waals surface area contributed by atoms with E-state index in [0.717, 1.165) is 51.5 Å². The van der Waals surface area contributed by atoms with Crippen LogP contribution in [0.4, 0.5) is 0 Å². The fourth-order valence-electron chi connectivity index (χ4n) is 3.34. The van der Waals surface area contributed by atoms with E-state index >= 15 is 0 Å². The molecule has 0 spiro atoms. The van der Waals surface area contributed by atoms with Crippen molar-refractivity contribution in [3.63, 3.8) is 0 Å². The average molecular weight is 419 g/mol. The molecule has 2 rings (SSSR count). The summed E-state index contributed by atoms with van der Waals surface area (Å²) in [5.41, 5.74) is 2.17. The second-order valence-electron chi connectivity index (χ2n) is 7.96. The molecule has 30 heavy (non-hydrogen) atoms. The highest BCUT2D eigenvalue weighted by Crippen LogP contribution is 2.05. The monoisotopic (exact) mass is 418 g/mol. The molecular weight excluding hydrogens is 380 g/mol. The first-order chi connectivity index (χ1) is 14.5. The molecule has 0 aliphatic carbocycles. The smallest absolute Gasteiger partial charge is 0.0967 e. The Morgan fingerprint density at radius 1 is 1.03 bits per heavy atom. The number of rotatable bonds is 15. The van der Waals surface area contributed by atoms with Crippen LogP contribution < -0.4 is 5.32 Å². The molecule has 8 nitrogen and oxygen atoms in total. The summed E-state index contributed by atoms with van der Waals surface area (Å²) >= 11 is 0. The van der Waals surface area contributed by atoms with Crippen LogP contribution in [0.1, 0.15) is 32.0 Å². The van der Waals surface area contributed by atoms with Crippen molar-refractivity contribution in [3.05, 3.63) is 47.8 Å². The van der Waals surface area contributed by atoms with Gasteiger partial charge in [-0.2, -0.15) is 0 Å². The fourth-order valence-corrected chi connectivity index (χ4v) is 3.34. The minimum Gasteiger partial charge on any atom is -0.392 e. The minimum atomic E-state index is -0.366. The molecule has 3 N–H and O–H groups in total. The fraction of sp³-hybridized carbons (Fsp3) is 0.636. The first-order valence-corrected chi connectivity index (χ1v) is 10.9. The quantitative estimate of drug-likeness (QED) is 0.369. The Hall–Kier alpha value is -1.84. The van der Waals surface area contributed by atoms with Gasteiger partial charge in [-0.25, -0.2) is 4.68 Å². The molecule has 2 aromatic rings. The van der Waals surface area contributed by atoms with Crippen LogP contribution >= 0.6 is 0 Å². The van der Waals surface area contributed by atoms with Crippen LogP contribution in [-0.2, 0) is 13.1 Å². The van der Waals surface area contributed by atoms with E-state index in [1.807, 2.05) is 36.0 Å². The number of hydrogen-bond acceptors (Lipinski definition) is 7. The average Bonchev–Trinajstić information content (AvgIpc) is 3.15. The van der Waals surface area contributed by atoms with E-state index in [4.69, 9.17) is 0 Å². The Kier molecular flexibility index (Phi) is 11.0. The molecule has 0 aliphatic rings. The van der Waals surface area contributed by atoms with Crippen LogP contribution in [0.3, 0.4) is 0 Å². The third-order valence-corrected chi connectivity index (χ3v) is 4.91. The molecule has 8 heteroatoms. The maximum absolute atomic E-state index is 9.81. The van der Waals surface area contributed by atoms with Gasteiger partial charge in [0, 0.05) is 45.8 Å². The number of hydrogen-bond donors (Lipinski definition) is 3. The molecule has 0 aliphatic heterocycles. The van der Waals surface area contributed by atoms with Crippen molar-refractivity contribution in [2.75, 3.05) is 45.8 Å². The van der Waals surface area contributed by atoms with Gasteiger partial charge in [0.1, 0.15) is 0 Å². The first kappa shape index (κ1) is 24.4. The Labute approximate surface area is 180 Å². The lowest BCUT2D eigenvalue weighted by atomic mass is 10.2. The van der Waals surface area contributed by atoms with Crippen molar-refractivity contribution in [1.29, 1.82) is 0 Å². The van der Waals surface area contributed by atoms with Crippen LogP contribution in [-0.4, -0.2) is 93.0 Å². The van der Waals surface area contributed by atoms with Crippen LogP contribution in [0.25, 0.3) is 0 Å². The normalized spacial score (nSPS) is 13.8. The minimum absolute atomic E-state index is 0.346. The lowest BCUT2D eigenvalue weighted by Gasteiger charge is -2.27. The number of likely N-dealkylation sites (N-methyl/N-ethyl adjacent to an activating group) is 1. The summed E-state index contributed by atoms with van der Waals surface area (Å²) < 4.78 is 1.88. The van der Waals surface area contributed by atoms with Gasteiger partial charge in [-0.1, -0.05) is 42.5 Å². The molecule has 2 atom stereocenters. The maximum Gasteiger partial charge on any atom is 0.0967 e. The topological polar surface area (TPSA) is 89.7 Å². The number of aliphatic hydroxyl groups excluding tert-OH is 2. The lowest BCUT2D eigenvalue weighted by molar-refractivity contribution is 0.114. The zero-order valence-corrected chi connectivity index (χ0v) is 18.6. The summed E-state index contributed by atoms with van der Waals surface area (Å²) in [6.45, 7) is 12.8. The summed E-state index contributed by atoms with van der Waals surface area (Å²) in [5.74, 6) is 0. The molecule has 0 saturated carbocycles. The largest absolute Gasteiger partial charge is 0.392 e. The predicted molar refractivity (Wildman–Crippen MR) is 119 cm³/mol. The number of aliphatic hydroxyl groups is 2. The van der Waals surface area contributed by atoms with Crippen LogP contribution in [0, 0.1) is 0 Å². The van der Waals surface area contributed by atoms with E-state index in [1.165, 1.54) is 5.56 Å². The van der Waals surface area contributed by atoms with Gasteiger partial charge < -0.3 is 15.5 Å². The van der Waals surface area contributed by atoms with Gasteiger partial charge in [0.2, 0.25) is 0 Å². The van der Waals surface area contributed by atoms with Crippen molar-refractivity contribution >= 4 is 0 Å². The van der Waals surface area contributed by atoms with E-state index in [-0.39, 0.29) is 12.2 Å². The Morgan fingerprint density at radius 2 is 1.77 bits per heavy atom. The zero-order valence-electron chi connectivity index (χ0n) is 18.6. The molecule has 1 aromatic carbocycles. The molecule has 0 bridgehead atoms. The molecule has 0 radical (unpaired) electrons. The molecule has 0 unspecified atom stereocenters. The van der Waals surface area contributed by atoms with Crippen LogP contribution in [0.2, 0.25) is 0 Å². The maximum atomic E-state index is 9.81. The highest BCUT2D eigenvalue weighted by atomic mass is 16.3. The standard InChI is InChI=1S/C22H38N6O2/c1-4-26(12-13-27(15-20(3)30)11-10-23-14-19(2)29)17-22-18-28(25-24-22)16-21-8-6-5-7-9-21/h5-9,18-20,23,29-30H,4,10-17H2,1-3H3/t19-,20-/m0/s1. The van der Waals surface area contributed by atoms with Gasteiger partial charge >= 0.3 is 0 Å². The van der Waals surface area contributed by atoms with Gasteiger partial charge in [-0.3, -0.25) is 9.80 Å². The molecule has 0 fully saturated rings. The van der Waals surface area contributed by atoms with Crippen molar-refractivity contribution in [2.24, 2.45) is 0 Å². The van der Waals surface area contributed by atoms with E-state index in [9.17, 15) is 10.2 Å².